The zero-order valence-corrected chi connectivity index (χ0v) is 16.3. The number of aromatic nitrogens is 1. The number of thioether (sulfide) groups is 1. The summed E-state index contributed by atoms with van der Waals surface area (Å²) in [6, 6.07) is 12.4. The Balaban J connectivity index is 1.70. The quantitative estimate of drug-likeness (QED) is 0.812. The molecule has 1 aromatic heterocycles. The first kappa shape index (κ1) is 17.5. The maximum Gasteiger partial charge on any atom is 0.283 e. The van der Waals surface area contributed by atoms with E-state index >= 15 is 0 Å². The number of nitrogens with zero attached hydrogens (tertiary/aromatic N) is 3. The molecule has 3 heterocycles. The highest BCUT2D eigenvalue weighted by molar-refractivity contribution is 8.17. The van der Waals surface area contributed by atoms with Crippen molar-refractivity contribution in [3.05, 3.63) is 75.6 Å². The summed E-state index contributed by atoms with van der Waals surface area (Å²) in [6.45, 7) is 6.83. The highest BCUT2D eigenvalue weighted by Crippen LogP contribution is 2.33. The number of fused-ring (bicyclic) bond motifs is 1. The minimum Gasteiger partial charge on any atom is -0.344 e. The average molecular weight is 376 g/mol. The lowest BCUT2D eigenvalue weighted by Crippen LogP contribution is -2.35. The number of hydrogen-bond donors (Lipinski definition) is 1. The number of allylic oxidation sites excluding steroid dienone is 1. The molecule has 2 aliphatic rings. The Bertz CT molecular complexity index is 1040. The van der Waals surface area contributed by atoms with Gasteiger partial charge in [0.1, 0.15) is 5.84 Å². The molecule has 2 aliphatic heterocycles. The fraction of sp³-hybridized carbons (Fsp3) is 0.190. The van der Waals surface area contributed by atoms with Crippen LogP contribution in [0.4, 0.5) is 0 Å². The van der Waals surface area contributed by atoms with Crippen LogP contribution in [0.2, 0.25) is 0 Å². The van der Waals surface area contributed by atoms with Gasteiger partial charge in [-0.05, 0) is 44.0 Å². The smallest absolute Gasteiger partial charge is 0.283 e. The molecule has 0 saturated heterocycles. The third kappa shape index (κ3) is 3.17. The molecule has 136 valence electrons. The van der Waals surface area contributed by atoms with Gasteiger partial charge in [-0.25, -0.2) is 0 Å². The zero-order valence-electron chi connectivity index (χ0n) is 15.5. The number of amides is 1. The fourth-order valence-electron chi connectivity index (χ4n) is 3.34. The lowest BCUT2D eigenvalue weighted by Gasteiger charge is -2.22. The SMILES string of the molecule is CC1=CN2C(=N)/C(=C/c3cc(C)n(Cc4ccccc4)c3C)C(=O)N=C2S1. The van der Waals surface area contributed by atoms with Gasteiger partial charge in [-0.2, -0.15) is 4.99 Å². The number of amidine groups is 2. The van der Waals surface area contributed by atoms with Crippen molar-refractivity contribution in [1.29, 1.82) is 5.41 Å². The number of hydrogen-bond acceptors (Lipinski definition) is 3. The van der Waals surface area contributed by atoms with Crippen molar-refractivity contribution in [2.24, 2.45) is 4.99 Å². The van der Waals surface area contributed by atoms with Crippen molar-refractivity contribution < 1.29 is 4.79 Å². The third-order valence-electron chi connectivity index (χ3n) is 4.79. The molecule has 0 bridgehead atoms. The third-order valence-corrected chi connectivity index (χ3v) is 5.69. The number of benzene rings is 1. The molecule has 0 unspecified atom stereocenters. The summed E-state index contributed by atoms with van der Waals surface area (Å²) in [5.74, 6) is -0.170. The summed E-state index contributed by atoms with van der Waals surface area (Å²) in [4.78, 5) is 19.3. The molecular formula is C21H20N4OS. The van der Waals surface area contributed by atoms with Crippen LogP contribution in [-0.4, -0.2) is 26.4 Å². The Morgan fingerprint density at radius 2 is 1.93 bits per heavy atom. The predicted molar refractivity (Wildman–Crippen MR) is 111 cm³/mol. The van der Waals surface area contributed by atoms with Gasteiger partial charge in [-0.15, -0.1) is 0 Å². The number of carbonyl (C=O) groups is 1. The monoisotopic (exact) mass is 376 g/mol. The van der Waals surface area contributed by atoms with E-state index in [4.69, 9.17) is 5.41 Å². The molecule has 6 heteroatoms. The highest BCUT2D eigenvalue weighted by Gasteiger charge is 2.33. The van der Waals surface area contributed by atoms with Crippen LogP contribution in [0.5, 0.6) is 0 Å². The second kappa shape index (κ2) is 6.70. The summed E-state index contributed by atoms with van der Waals surface area (Å²) >= 11 is 1.42. The van der Waals surface area contributed by atoms with Gasteiger partial charge in [0.25, 0.3) is 5.91 Å². The zero-order chi connectivity index (χ0) is 19.1. The minimum absolute atomic E-state index is 0.183. The molecule has 0 aliphatic carbocycles. The van der Waals surface area contributed by atoms with Gasteiger partial charge >= 0.3 is 0 Å². The molecule has 1 amide bonds. The molecule has 27 heavy (non-hydrogen) atoms. The Morgan fingerprint density at radius 1 is 1.19 bits per heavy atom. The molecule has 0 saturated carbocycles. The normalized spacial score (nSPS) is 18.0. The van der Waals surface area contributed by atoms with Crippen molar-refractivity contribution in [2.45, 2.75) is 27.3 Å². The number of carbonyl (C=O) groups excluding carboxylic acids is 1. The van der Waals surface area contributed by atoms with E-state index < -0.39 is 0 Å². The van der Waals surface area contributed by atoms with Gasteiger partial charge in [0.05, 0.1) is 5.57 Å². The van der Waals surface area contributed by atoms with Crippen LogP contribution in [0.15, 0.2) is 58.1 Å². The minimum atomic E-state index is -0.352. The number of nitrogens with one attached hydrogen (secondary N) is 1. The summed E-state index contributed by atoms with van der Waals surface area (Å²) in [5.41, 5.74) is 4.69. The van der Waals surface area contributed by atoms with Crippen molar-refractivity contribution in [3.63, 3.8) is 0 Å². The van der Waals surface area contributed by atoms with E-state index in [2.05, 4.69) is 34.7 Å². The van der Waals surface area contributed by atoms with Gasteiger partial charge in [0.15, 0.2) is 5.17 Å². The van der Waals surface area contributed by atoms with Crippen LogP contribution >= 0.6 is 11.8 Å². The van der Waals surface area contributed by atoms with E-state index in [-0.39, 0.29) is 11.7 Å². The summed E-state index contributed by atoms with van der Waals surface area (Å²) in [7, 11) is 0. The molecule has 0 spiro atoms. The average Bonchev–Trinajstić information content (AvgIpc) is 3.13. The molecule has 1 aromatic carbocycles. The first-order chi connectivity index (χ1) is 12.9. The Labute approximate surface area is 162 Å². The molecule has 0 radical (unpaired) electrons. The lowest BCUT2D eigenvalue weighted by molar-refractivity contribution is -0.114. The van der Waals surface area contributed by atoms with Crippen LogP contribution < -0.4 is 0 Å². The van der Waals surface area contributed by atoms with E-state index in [1.54, 1.807) is 11.0 Å². The Hall–Kier alpha value is -2.86. The van der Waals surface area contributed by atoms with Crippen LogP contribution in [0.1, 0.15) is 29.4 Å². The molecule has 1 N–H and O–H groups in total. The summed E-state index contributed by atoms with van der Waals surface area (Å²) in [5, 5.41) is 9.01. The van der Waals surface area contributed by atoms with Crippen LogP contribution in [0, 0.1) is 19.3 Å². The van der Waals surface area contributed by atoms with Crippen LogP contribution in [0.3, 0.4) is 0 Å². The predicted octanol–water partition coefficient (Wildman–Crippen LogP) is 4.32. The molecule has 0 fully saturated rings. The maximum atomic E-state index is 12.5. The Morgan fingerprint density at radius 3 is 2.67 bits per heavy atom. The van der Waals surface area contributed by atoms with Gasteiger partial charge in [0.2, 0.25) is 0 Å². The van der Waals surface area contributed by atoms with Gasteiger partial charge in [0, 0.05) is 29.0 Å². The maximum absolute atomic E-state index is 12.5. The molecule has 4 rings (SSSR count). The second-order valence-electron chi connectivity index (χ2n) is 6.72. The first-order valence-corrected chi connectivity index (χ1v) is 9.55. The molecule has 2 aromatic rings. The molecule has 5 nitrogen and oxygen atoms in total. The van der Waals surface area contributed by atoms with Gasteiger partial charge in [-0.1, -0.05) is 42.1 Å². The van der Waals surface area contributed by atoms with Crippen LogP contribution in [0.25, 0.3) is 6.08 Å². The largest absolute Gasteiger partial charge is 0.344 e. The van der Waals surface area contributed by atoms with Crippen molar-refractivity contribution in [2.75, 3.05) is 0 Å². The topological polar surface area (TPSA) is 61.5 Å². The van der Waals surface area contributed by atoms with E-state index in [0.717, 1.165) is 28.4 Å². The summed E-state index contributed by atoms with van der Waals surface area (Å²) < 4.78 is 2.23. The van der Waals surface area contributed by atoms with Crippen molar-refractivity contribution >= 4 is 34.7 Å². The number of aryl methyl sites for hydroxylation is 1. The highest BCUT2D eigenvalue weighted by atomic mass is 32.2. The molecular weight excluding hydrogens is 356 g/mol. The van der Waals surface area contributed by atoms with E-state index in [1.165, 1.54) is 17.3 Å². The van der Waals surface area contributed by atoms with Gasteiger partial charge in [-0.3, -0.25) is 15.1 Å². The fourth-order valence-corrected chi connectivity index (χ4v) is 4.16. The molecule has 0 atom stereocenters. The van der Waals surface area contributed by atoms with Crippen molar-refractivity contribution in [1.82, 2.24) is 9.47 Å². The standard InChI is InChI=1S/C21H20N4OS/c1-13-9-17(15(3)24(13)12-16-7-5-4-6-8-16)10-18-19(22)25-11-14(2)27-21(25)23-20(18)26/h4-11,22H,12H2,1-3H3/b18-10-,22-19?. The van der Waals surface area contributed by atoms with Gasteiger partial charge < -0.3 is 4.57 Å². The van der Waals surface area contributed by atoms with E-state index in [1.807, 2.05) is 38.2 Å². The number of rotatable bonds is 3. The Kier molecular flexibility index (Phi) is 4.36. The summed E-state index contributed by atoms with van der Waals surface area (Å²) in [6.07, 6.45) is 3.64. The van der Waals surface area contributed by atoms with E-state index in [0.29, 0.717) is 10.7 Å². The lowest BCUT2D eigenvalue weighted by atomic mass is 10.1. The number of aliphatic imine (C=N–C) groups is 1. The second-order valence-corrected chi connectivity index (χ2v) is 7.93. The first-order valence-electron chi connectivity index (χ1n) is 8.74. The van der Waals surface area contributed by atoms with Crippen LogP contribution in [-0.2, 0) is 11.3 Å². The van der Waals surface area contributed by atoms with E-state index in [9.17, 15) is 4.79 Å². The van der Waals surface area contributed by atoms with Crippen molar-refractivity contribution in [3.8, 4) is 0 Å².